The number of hydrogen-bond donors (Lipinski definition) is 2. The van der Waals surface area contributed by atoms with E-state index >= 15 is 0 Å². The Morgan fingerprint density at radius 2 is 2.19 bits per heavy atom. The largest absolute Gasteiger partial charge is 0.449 e. The normalized spacial score (nSPS) is 14.8. The molecule has 0 bridgehead atoms. The molecule has 1 aliphatic rings. The van der Waals surface area contributed by atoms with Crippen LogP contribution in [0.4, 0.5) is 4.79 Å². The van der Waals surface area contributed by atoms with Gasteiger partial charge in [-0.05, 0) is 20.3 Å². The van der Waals surface area contributed by atoms with E-state index in [9.17, 15) is 14.4 Å². The zero-order chi connectivity index (χ0) is 15.4. The van der Waals surface area contributed by atoms with E-state index in [1.165, 1.54) is 11.0 Å². The lowest BCUT2D eigenvalue weighted by Gasteiger charge is -2.26. The molecule has 0 atom stereocenters. The number of amides is 2. The number of H-pyrrole nitrogens is 1. The highest BCUT2D eigenvalue weighted by atomic mass is 16.6. The molecule has 7 nitrogen and oxygen atoms in total. The summed E-state index contributed by atoms with van der Waals surface area (Å²) < 4.78 is 4.90. The molecule has 1 aromatic rings. The van der Waals surface area contributed by atoms with Crippen LogP contribution in [0.15, 0.2) is 10.9 Å². The topological polar surface area (TPSA) is 91.5 Å². The van der Waals surface area contributed by atoms with Crippen LogP contribution in [0.5, 0.6) is 0 Å². The third-order valence-electron chi connectivity index (χ3n) is 3.30. The number of pyridine rings is 1. The summed E-state index contributed by atoms with van der Waals surface area (Å²) in [5.74, 6) is -0.431. The lowest BCUT2D eigenvalue weighted by atomic mass is 10.1. The van der Waals surface area contributed by atoms with Gasteiger partial charge in [-0.2, -0.15) is 0 Å². The van der Waals surface area contributed by atoms with E-state index in [1.54, 1.807) is 13.8 Å². The Morgan fingerprint density at radius 1 is 1.43 bits per heavy atom. The van der Waals surface area contributed by atoms with Crippen molar-refractivity contribution in [1.82, 2.24) is 15.2 Å². The summed E-state index contributed by atoms with van der Waals surface area (Å²) in [7, 11) is 0. The van der Waals surface area contributed by atoms with Gasteiger partial charge in [0.2, 0.25) is 0 Å². The fraction of sp³-hybridized carbons (Fsp3) is 0.500. The number of aromatic nitrogens is 1. The molecule has 1 aliphatic heterocycles. The maximum atomic E-state index is 12.1. The smallest absolute Gasteiger partial charge is 0.409 e. The van der Waals surface area contributed by atoms with E-state index in [0.717, 1.165) is 6.42 Å². The molecule has 0 radical (unpaired) electrons. The molecule has 1 saturated heterocycles. The molecule has 0 saturated carbocycles. The molecule has 2 heterocycles. The summed E-state index contributed by atoms with van der Waals surface area (Å²) in [6.07, 6.45) is 0.427. The van der Waals surface area contributed by atoms with Crippen molar-refractivity contribution in [3.8, 4) is 0 Å². The van der Waals surface area contributed by atoms with Crippen molar-refractivity contribution in [2.75, 3.05) is 26.2 Å². The second kappa shape index (κ2) is 6.43. The molecule has 1 aromatic heterocycles. The molecule has 2 amide bonds. The van der Waals surface area contributed by atoms with Gasteiger partial charge in [0.25, 0.3) is 5.91 Å². The van der Waals surface area contributed by atoms with Gasteiger partial charge in [-0.3, -0.25) is 9.59 Å². The van der Waals surface area contributed by atoms with Crippen LogP contribution in [0.3, 0.4) is 0 Å². The monoisotopic (exact) mass is 293 g/mol. The van der Waals surface area contributed by atoms with Crippen molar-refractivity contribution in [3.05, 3.63) is 33.2 Å². The third kappa shape index (κ3) is 3.62. The van der Waals surface area contributed by atoms with Crippen LogP contribution in [-0.4, -0.2) is 48.1 Å². The Kier molecular flexibility index (Phi) is 4.62. The predicted octanol–water partition coefficient (Wildman–Crippen LogP) is 0.564. The van der Waals surface area contributed by atoms with Crippen LogP contribution in [0.2, 0.25) is 0 Å². The van der Waals surface area contributed by atoms with E-state index in [1.807, 2.05) is 0 Å². The van der Waals surface area contributed by atoms with Gasteiger partial charge in [0.1, 0.15) is 5.56 Å². The second-order valence-corrected chi connectivity index (χ2v) is 5.03. The Hall–Kier alpha value is -2.31. The summed E-state index contributed by atoms with van der Waals surface area (Å²) in [5.41, 5.74) is 1.06. The molecule has 114 valence electrons. The van der Waals surface area contributed by atoms with Crippen molar-refractivity contribution in [1.29, 1.82) is 0 Å². The molecular weight excluding hydrogens is 274 g/mol. The van der Waals surface area contributed by atoms with Gasteiger partial charge < -0.3 is 19.9 Å². The number of nitrogens with one attached hydrogen (secondary N) is 2. The summed E-state index contributed by atoms with van der Waals surface area (Å²) in [6.45, 7) is 5.16. The minimum atomic E-state index is -0.431. The molecule has 0 spiro atoms. The van der Waals surface area contributed by atoms with Gasteiger partial charge in [-0.15, -0.1) is 0 Å². The Labute approximate surface area is 122 Å². The van der Waals surface area contributed by atoms with Crippen LogP contribution >= 0.6 is 0 Å². The first-order valence-corrected chi connectivity index (χ1v) is 6.89. The molecule has 21 heavy (non-hydrogen) atoms. The first kappa shape index (κ1) is 15.1. The van der Waals surface area contributed by atoms with Crippen LogP contribution in [0.25, 0.3) is 0 Å². The van der Waals surface area contributed by atoms with Crippen molar-refractivity contribution in [2.24, 2.45) is 0 Å². The van der Waals surface area contributed by atoms with Gasteiger partial charge in [0.15, 0.2) is 5.43 Å². The van der Waals surface area contributed by atoms with Crippen LogP contribution in [0, 0.1) is 13.8 Å². The number of ether oxygens (including phenoxy) is 1. The molecule has 0 unspecified atom stereocenters. The average molecular weight is 293 g/mol. The molecule has 2 rings (SSSR count). The maximum Gasteiger partial charge on any atom is 0.409 e. The molecule has 0 aliphatic carbocycles. The number of aryl methyl sites for hydroxylation is 2. The van der Waals surface area contributed by atoms with E-state index in [2.05, 4.69) is 10.3 Å². The maximum absolute atomic E-state index is 12.1. The van der Waals surface area contributed by atoms with Crippen LogP contribution in [0.1, 0.15) is 28.2 Å². The molecule has 0 aromatic carbocycles. The van der Waals surface area contributed by atoms with E-state index in [4.69, 9.17) is 4.74 Å². The Balaban J connectivity index is 1.93. The number of carbonyl (C=O) groups is 2. The number of hydrogen-bond acceptors (Lipinski definition) is 4. The number of carbonyl (C=O) groups excluding carboxylic acids is 2. The highest BCUT2D eigenvalue weighted by molar-refractivity contribution is 5.95. The van der Waals surface area contributed by atoms with Gasteiger partial charge in [0, 0.05) is 37.1 Å². The first-order valence-electron chi connectivity index (χ1n) is 6.89. The number of rotatable bonds is 4. The van der Waals surface area contributed by atoms with Crippen LogP contribution in [-0.2, 0) is 4.74 Å². The Bertz CT molecular complexity index is 609. The Morgan fingerprint density at radius 3 is 2.86 bits per heavy atom. The average Bonchev–Trinajstić information content (AvgIpc) is 2.39. The van der Waals surface area contributed by atoms with Crippen molar-refractivity contribution in [3.63, 3.8) is 0 Å². The summed E-state index contributed by atoms with van der Waals surface area (Å²) in [5, 5.41) is 2.66. The molecular formula is C14H19N3O4. The summed E-state index contributed by atoms with van der Waals surface area (Å²) in [6, 6.07) is 1.39. The number of nitrogens with zero attached hydrogens (tertiary/aromatic N) is 1. The molecule has 2 N–H and O–H groups in total. The second-order valence-electron chi connectivity index (χ2n) is 5.03. The first-order chi connectivity index (χ1) is 9.99. The lowest BCUT2D eigenvalue weighted by Crippen LogP contribution is -2.43. The summed E-state index contributed by atoms with van der Waals surface area (Å²) in [4.78, 5) is 39.8. The van der Waals surface area contributed by atoms with Gasteiger partial charge in [0.05, 0.1) is 6.61 Å². The van der Waals surface area contributed by atoms with Gasteiger partial charge in [-0.25, -0.2) is 4.79 Å². The van der Waals surface area contributed by atoms with Gasteiger partial charge >= 0.3 is 6.09 Å². The zero-order valence-electron chi connectivity index (χ0n) is 12.2. The highest BCUT2D eigenvalue weighted by Crippen LogP contribution is 2.04. The highest BCUT2D eigenvalue weighted by Gasteiger charge is 2.20. The lowest BCUT2D eigenvalue weighted by molar-refractivity contribution is 0.0719. The van der Waals surface area contributed by atoms with Crippen LogP contribution < -0.4 is 10.7 Å². The van der Waals surface area contributed by atoms with E-state index in [-0.39, 0.29) is 23.6 Å². The van der Waals surface area contributed by atoms with E-state index in [0.29, 0.717) is 31.1 Å². The fourth-order valence-electron chi connectivity index (χ4n) is 2.32. The third-order valence-corrected chi connectivity index (χ3v) is 3.30. The fourth-order valence-corrected chi connectivity index (χ4v) is 2.32. The SMILES string of the molecule is Cc1cc(=O)c(C(=O)NCCN2CCCOC2=O)c(C)[nH]1. The minimum Gasteiger partial charge on any atom is -0.449 e. The number of aromatic amines is 1. The molecule has 7 heteroatoms. The molecule has 1 fully saturated rings. The van der Waals surface area contributed by atoms with Crippen molar-refractivity contribution < 1.29 is 14.3 Å². The van der Waals surface area contributed by atoms with E-state index < -0.39 is 5.91 Å². The summed E-state index contributed by atoms with van der Waals surface area (Å²) >= 11 is 0. The van der Waals surface area contributed by atoms with Crippen molar-refractivity contribution >= 4 is 12.0 Å². The zero-order valence-corrected chi connectivity index (χ0v) is 12.2. The quantitative estimate of drug-likeness (QED) is 0.848. The van der Waals surface area contributed by atoms with Crippen molar-refractivity contribution in [2.45, 2.75) is 20.3 Å². The number of cyclic esters (lactones) is 1. The minimum absolute atomic E-state index is 0.113. The standard InChI is InChI=1S/C14H19N3O4/c1-9-8-11(18)12(10(2)16-9)13(19)15-4-6-17-5-3-7-21-14(17)20/h8H,3-7H2,1-2H3,(H,15,19)(H,16,18). The predicted molar refractivity (Wildman–Crippen MR) is 76.4 cm³/mol. The van der Waals surface area contributed by atoms with Gasteiger partial charge in [-0.1, -0.05) is 0 Å².